The number of hydrogen-bond acceptors (Lipinski definition) is 4. The lowest BCUT2D eigenvalue weighted by Gasteiger charge is -2.28. The number of nitrogens with zero attached hydrogens (tertiary/aromatic N) is 2. The fourth-order valence-corrected chi connectivity index (χ4v) is 3.46. The van der Waals surface area contributed by atoms with Crippen molar-refractivity contribution in [2.24, 2.45) is 7.05 Å². The van der Waals surface area contributed by atoms with E-state index in [1.165, 1.54) is 6.20 Å². The highest BCUT2D eigenvalue weighted by molar-refractivity contribution is 7.89. The number of imidazole rings is 1. The number of nitrogens with one attached hydrogen (secondary N) is 2. The third kappa shape index (κ3) is 3.55. The molecule has 0 bridgehead atoms. The third-order valence-electron chi connectivity index (χ3n) is 3.59. The van der Waals surface area contributed by atoms with Crippen molar-refractivity contribution in [1.82, 2.24) is 19.6 Å². The van der Waals surface area contributed by atoms with E-state index in [1.807, 2.05) is 0 Å². The molecule has 6 nitrogen and oxygen atoms in total. The Morgan fingerprint density at radius 3 is 2.84 bits per heavy atom. The second-order valence-corrected chi connectivity index (χ2v) is 7.00. The highest BCUT2D eigenvalue weighted by Crippen LogP contribution is 2.13. The number of hydrogen-bond donors (Lipinski definition) is 2. The zero-order valence-corrected chi connectivity index (χ0v) is 12.5. The number of sulfonamides is 1. The molecule has 1 aromatic heterocycles. The lowest BCUT2D eigenvalue weighted by atomic mass is 10.00. The van der Waals surface area contributed by atoms with Gasteiger partial charge in [0.15, 0.2) is 5.03 Å². The van der Waals surface area contributed by atoms with Crippen LogP contribution >= 0.6 is 0 Å². The molecule has 0 amide bonds. The molecule has 0 aliphatic carbocycles. The molecule has 0 radical (unpaired) electrons. The topological polar surface area (TPSA) is 76.0 Å². The molecular formula is C12H22N4O2S. The van der Waals surface area contributed by atoms with Gasteiger partial charge in [-0.2, -0.15) is 0 Å². The molecule has 1 saturated heterocycles. The average molecular weight is 286 g/mol. The molecule has 0 saturated carbocycles. The lowest BCUT2D eigenvalue weighted by molar-refractivity contribution is 0.334. The molecule has 1 aliphatic rings. The molecule has 19 heavy (non-hydrogen) atoms. The van der Waals surface area contributed by atoms with Crippen LogP contribution in [0.2, 0.25) is 0 Å². The van der Waals surface area contributed by atoms with Crippen molar-refractivity contribution in [3.63, 3.8) is 0 Å². The van der Waals surface area contributed by atoms with Crippen LogP contribution < -0.4 is 10.0 Å². The number of piperidine rings is 1. The van der Waals surface area contributed by atoms with Crippen molar-refractivity contribution in [2.45, 2.75) is 50.2 Å². The van der Waals surface area contributed by atoms with Crippen LogP contribution in [0, 0.1) is 6.92 Å². The quantitative estimate of drug-likeness (QED) is 0.847. The second kappa shape index (κ2) is 5.60. The summed E-state index contributed by atoms with van der Waals surface area (Å²) in [4.78, 5) is 4.05. The summed E-state index contributed by atoms with van der Waals surface area (Å²) in [7, 11) is -1.72. The van der Waals surface area contributed by atoms with Crippen LogP contribution in [0.4, 0.5) is 0 Å². The predicted octanol–water partition coefficient (Wildman–Crippen LogP) is 0.537. The smallest absolute Gasteiger partial charge is 0.259 e. The molecule has 2 N–H and O–H groups in total. The standard InChI is InChI=1S/C12H22N4O2S/c1-9-5-4-6-11(14-9)7-13-19(17,18)12-8-16(3)10(2)15-12/h8-9,11,13-14H,4-7H2,1-3H3. The highest BCUT2D eigenvalue weighted by Gasteiger charge is 2.22. The Labute approximate surface area is 114 Å². The maximum atomic E-state index is 12.1. The van der Waals surface area contributed by atoms with Gasteiger partial charge in [-0.05, 0) is 26.7 Å². The van der Waals surface area contributed by atoms with E-state index in [4.69, 9.17) is 0 Å². The lowest BCUT2D eigenvalue weighted by Crippen LogP contribution is -2.47. The normalized spacial score (nSPS) is 24.6. The Morgan fingerprint density at radius 1 is 1.53 bits per heavy atom. The Hall–Kier alpha value is -0.920. The van der Waals surface area contributed by atoms with Gasteiger partial charge in [-0.1, -0.05) is 6.42 Å². The van der Waals surface area contributed by atoms with Gasteiger partial charge < -0.3 is 9.88 Å². The SMILES string of the molecule is Cc1nc(S(=O)(=O)NCC2CCCC(C)N2)cn1C. The molecule has 0 spiro atoms. The van der Waals surface area contributed by atoms with Crippen LogP contribution in [0.5, 0.6) is 0 Å². The maximum absolute atomic E-state index is 12.1. The highest BCUT2D eigenvalue weighted by atomic mass is 32.2. The van der Waals surface area contributed by atoms with Gasteiger partial charge in [-0.3, -0.25) is 0 Å². The third-order valence-corrected chi connectivity index (χ3v) is 4.89. The Morgan fingerprint density at radius 2 is 2.26 bits per heavy atom. The van der Waals surface area contributed by atoms with E-state index in [9.17, 15) is 8.42 Å². The Balaban J connectivity index is 1.98. The first-order valence-corrected chi connectivity index (χ1v) is 8.12. The molecule has 1 fully saturated rings. The van der Waals surface area contributed by atoms with Crippen LogP contribution in [0.1, 0.15) is 32.0 Å². The predicted molar refractivity (Wildman–Crippen MR) is 73.4 cm³/mol. The number of rotatable bonds is 4. The van der Waals surface area contributed by atoms with Crippen molar-refractivity contribution in [1.29, 1.82) is 0 Å². The van der Waals surface area contributed by atoms with Crippen LogP contribution in [0.15, 0.2) is 11.2 Å². The maximum Gasteiger partial charge on any atom is 0.259 e. The molecule has 7 heteroatoms. The van der Waals surface area contributed by atoms with Crippen LogP contribution in [0.3, 0.4) is 0 Å². The van der Waals surface area contributed by atoms with Gasteiger partial charge in [0.1, 0.15) is 5.82 Å². The molecule has 2 atom stereocenters. The summed E-state index contributed by atoms with van der Waals surface area (Å²) < 4.78 is 28.6. The summed E-state index contributed by atoms with van der Waals surface area (Å²) in [6, 6.07) is 0.670. The molecule has 2 unspecified atom stereocenters. The van der Waals surface area contributed by atoms with Crippen molar-refractivity contribution in [2.75, 3.05) is 6.54 Å². The van der Waals surface area contributed by atoms with Crippen molar-refractivity contribution >= 4 is 10.0 Å². The molecule has 1 aromatic rings. The van der Waals surface area contributed by atoms with E-state index >= 15 is 0 Å². The molecule has 2 heterocycles. The molecule has 108 valence electrons. The zero-order chi connectivity index (χ0) is 14.0. The summed E-state index contributed by atoms with van der Waals surface area (Å²) in [6.45, 7) is 4.33. The van der Waals surface area contributed by atoms with E-state index in [0.717, 1.165) is 19.3 Å². The van der Waals surface area contributed by atoms with Gasteiger partial charge >= 0.3 is 0 Å². The van der Waals surface area contributed by atoms with Gasteiger partial charge in [-0.15, -0.1) is 0 Å². The Kier molecular flexibility index (Phi) is 4.27. The van der Waals surface area contributed by atoms with Gasteiger partial charge in [0.25, 0.3) is 10.0 Å². The van der Waals surface area contributed by atoms with Crippen LogP contribution in [-0.2, 0) is 17.1 Å². The fraction of sp³-hybridized carbons (Fsp3) is 0.750. The number of aryl methyl sites for hydroxylation is 2. The van der Waals surface area contributed by atoms with Gasteiger partial charge in [0.2, 0.25) is 0 Å². The summed E-state index contributed by atoms with van der Waals surface area (Å²) in [6.07, 6.45) is 4.84. The first-order valence-electron chi connectivity index (χ1n) is 6.64. The van der Waals surface area contributed by atoms with Gasteiger partial charge in [0, 0.05) is 31.9 Å². The zero-order valence-electron chi connectivity index (χ0n) is 11.7. The van der Waals surface area contributed by atoms with Crippen molar-refractivity contribution in [3.05, 3.63) is 12.0 Å². The second-order valence-electron chi connectivity index (χ2n) is 5.28. The van der Waals surface area contributed by atoms with Crippen molar-refractivity contribution in [3.8, 4) is 0 Å². The van der Waals surface area contributed by atoms with E-state index < -0.39 is 10.0 Å². The number of aromatic nitrogens is 2. The monoisotopic (exact) mass is 286 g/mol. The molecule has 0 aromatic carbocycles. The van der Waals surface area contributed by atoms with Crippen LogP contribution in [-0.4, -0.2) is 36.6 Å². The largest absolute Gasteiger partial charge is 0.337 e. The first-order chi connectivity index (χ1) is 8.88. The fourth-order valence-electron chi connectivity index (χ4n) is 2.34. The van der Waals surface area contributed by atoms with E-state index in [2.05, 4.69) is 21.9 Å². The average Bonchev–Trinajstić information content (AvgIpc) is 2.68. The summed E-state index contributed by atoms with van der Waals surface area (Å²) in [5, 5.41) is 3.50. The van der Waals surface area contributed by atoms with Crippen LogP contribution in [0.25, 0.3) is 0 Å². The molecule has 1 aliphatic heterocycles. The van der Waals surface area contributed by atoms with Crippen molar-refractivity contribution < 1.29 is 8.42 Å². The van der Waals surface area contributed by atoms with Gasteiger partial charge in [0.05, 0.1) is 0 Å². The van der Waals surface area contributed by atoms with E-state index in [1.54, 1.807) is 18.5 Å². The summed E-state index contributed by atoms with van der Waals surface area (Å²) in [5.41, 5.74) is 0. The minimum atomic E-state index is -3.50. The molecular weight excluding hydrogens is 264 g/mol. The van der Waals surface area contributed by atoms with E-state index in [0.29, 0.717) is 18.4 Å². The summed E-state index contributed by atoms with van der Waals surface area (Å²) in [5.74, 6) is 0.685. The van der Waals surface area contributed by atoms with E-state index in [-0.39, 0.29) is 11.1 Å². The van der Waals surface area contributed by atoms with Gasteiger partial charge in [-0.25, -0.2) is 18.1 Å². The molecule has 2 rings (SSSR count). The Bertz CT molecular complexity index is 518. The first kappa shape index (κ1) is 14.5. The minimum Gasteiger partial charge on any atom is -0.337 e. The summed E-state index contributed by atoms with van der Waals surface area (Å²) >= 11 is 0. The minimum absolute atomic E-state index is 0.0938.